The van der Waals surface area contributed by atoms with Gasteiger partial charge in [-0.05, 0) is 24.3 Å². The summed E-state index contributed by atoms with van der Waals surface area (Å²) in [4.78, 5) is 7.93. The Bertz CT molecular complexity index is 888. The Kier molecular flexibility index (Phi) is 4.37. The summed E-state index contributed by atoms with van der Waals surface area (Å²) in [7, 11) is -3.58. The summed E-state index contributed by atoms with van der Waals surface area (Å²) in [6.07, 6.45) is 5.16. The fourth-order valence-electron chi connectivity index (χ4n) is 3.33. The summed E-state index contributed by atoms with van der Waals surface area (Å²) < 4.78 is 51.8. The molecule has 2 aliphatic heterocycles. The van der Waals surface area contributed by atoms with Crippen LogP contribution in [-0.2, 0) is 14.8 Å². The summed E-state index contributed by atoms with van der Waals surface area (Å²) in [5.74, 6) is -0.545. The van der Waals surface area contributed by atoms with Gasteiger partial charge in [-0.3, -0.25) is 4.98 Å². The first-order valence-corrected chi connectivity index (χ1v) is 9.74. The van der Waals surface area contributed by atoms with Gasteiger partial charge < -0.3 is 9.47 Å². The Labute approximate surface area is 150 Å². The smallest absolute Gasteiger partial charge is 0.250 e. The minimum Gasteiger partial charge on any atom is -0.472 e. The molecule has 2 aromatic rings. The molecule has 0 aromatic carbocycles. The van der Waals surface area contributed by atoms with Gasteiger partial charge in [0.1, 0.15) is 11.0 Å². The van der Waals surface area contributed by atoms with Crippen molar-refractivity contribution in [2.75, 3.05) is 19.7 Å². The third-order valence-corrected chi connectivity index (χ3v) is 6.43. The maximum atomic E-state index is 13.7. The molecule has 1 atom stereocenters. The van der Waals surface area contributed by atoms with Crippen molar-refractivity contribution in [1.82, 2.24) is 14.3 Å². The molecule has 0 saturated carbocycles. The van der Waals surface area contributed by atoms with Crippen LogP contribution in [-0.4, -0.2) is 54.1 Å². The fourth-order valence-corrected chi connectivity index (χ4v) is 4.89. The molecule has 138 valence electrons. The Morgan fingerprint density at radius 2 is 2.08 bits per heavy atom. The first kappa shape index (κ1) is 17.3. The summed E-state index contributed by atoms with van der Waals surface area (Å²) in [6, 6.07) is 5.90. The molecule has 0 N–H and O–H groups in total. The molecule has 1 unspecified atom stereocenters. The minimum absolute atomic E-state index is 0.0336. The second kappa shape index (κ2) is 6.57. The van der Waals surface area contributed by atoms with Crippen LogP contribution in [0.3, 0.4) is 0 Å². The van der Waals surface area contributed by atoms with Gasteiger partial charge in [0, 0.05) is 44.5 Å². The molecule has 2 aromatic heterocycles. The van der Waals surface area contributed by atoms with E-state index in [4.69, 9.17) is 9.47 Å². The van der Waals surface area contributed by atoms with E-state index in [1.54, 1.807) is 6.07 Å². The topological polar surface area (TPSA) is 81.6 Å². The lowest BCUT2D eigenvalue weighted by atomic mass is 9.86. The van der Waals surface area contributed by atoms with E-state index in [2.05, 4.69) is 9.97 Å². The van der Waals surface area contributed by atoms with Crippen molar-refractivity contribution in [2.45, 2.75) is 29.4 Å². The van der Waals surface area contributed by atoms with Crippen molar-refractivity contribution < 1.29 is 22.3 Å². The molecule has 0 bridgehead atoms. The van der Waals surface area contributed by atoms with Crippen LogP contribution in [0.2, 0.25) is 0 Å². The zero-order valence-corrected chi connectivity index (χ0v) is 14.7. The predicted octanol–water partition coefficient (Wildman–Crippen LogP) is 1.62. The second-order valence-electron chi connectivity index (χ2n) is 6.52. The van der Waals surface area contributed by atoms with Gasteiger partial charge in [0.15, 0.2) is 5.82 Å². The zero-order chi connectivity index (χ0) is 18.2. The Morgan fingerprint density at radius 1 is 1.27 bits per heavy atom. The molecular formula is C17H18FN3O4S. The second-order valence-corrected chi connectivity index (χ2v) is 8.45. The lowest BCUT2D eigenvalue weighted by Crippen LogP contribution is -2.67. The van der Waals surface area contributed by atoms with Gasteiger partial charge in [0.05, 0.1) is 12.2 Å². The van der Waals surface area contributed by atoms with E-state index in [1.165, 1.54) is 41.1 Å². The van der Waals surface area contributed by atoms with Gasteiger partial charge in [0.25, 0.3) is 5.88 Å². The highest BCUT2D eigenvalue weighted by Crippen LogP contribution is 2.38. The molecule has 4 heterocycles. The van der Waals surface area contributed by atoms with E-state index in [0.29, 0.717) is 19.4 Å². The zero-order valence-electron chi connectivity index (χ0n) is 13.9. The lowest BCUT2D eigenvalue weighted by Gasteiger charge is -2.51. The third kappa shape index (κ3) is 3.17. The molecule has 4 rings (SSSR count). The largest absolute Gasteiger partial charge is 0.472 e. The maximum Gasteiger partial charge on any atom is 0.250 e. The lowest BCUT2D eigenvalue weighted by molar-refractivity contribution is -0.165. The normalized spacial score (nSPS) is 22.7. The molecule has 26 heavy (non-hydrogen) atoms. The monoisotopic (exact) mass is 379 g/mol. The van der Waals surface area contributed by atoms with Crippen LogP contribution in [0.25, 0.3) is 0 Å². The summed E-state index contributed by atoms with van der Waals surface area (Å²) in [6.45, 7) is 0.920. The van der Waals surface area contributed by atoms with E-state index in [-0.39, 0.29) is 30.0 Å². The molecule has 0 radical (unpaired) electrons. The van der Waals surface area contributed by atoms with Crippen molar-refractivity contribution in [3.63, 3.8) is 0 Å². The van der Waals surface area contributed by atoms with Gasteiger partial charge in [0.2, 0.25) is 10.0 Å². The van der Waals surface area contributed by atoms with Crippen molar-refractivity contribution in [2.24, 2.45) is 0 Å². The van der Waals surface area contributed by atoms with E-state index in [0.717, 1.165) is 0 Å². The van der Waals surface area contributed by atoms with Crippen LogP contribution in [0.5, 0.6) is 5.88 Å². The first-order chi connectivity index (χ1) is 12.5. The van der Waals surface area contributed by atoms with Crippen LogP contribution in [0.1, 0.15) is 12.8 Å². The highest BCUT2D eigenvalue weighted by Gasteiger charge is 2.52. The average Bonchev–Trinajstić information content (AvgIpc) is 2.62. The summed E-state index contributed by atoms with van der Waals surface area (Å²) in [5.41, 5.74) is -0.594. The van der Waals surface area contributed by atoms with Crippen molar-refractivity contribution in [3.05, 3.63) is 48.7 Å². The molecule has 1 spiro atoms. The standard InChI is InChI=1S/C17H18FN3O4S/c18-15-4-2-7-20-16(15)25-13-5-8-24-17(9-13)11-21(12-17)26(22,23)14-3-1-6-19-10-14/h1-4,6-7,10,13H,5,8-9,11-12H2. The number of nitrogens with zero attached hydrogens (tertiary/aromatic N) is 3. The number of aromatic nitrogens is 2. The molecule has 2 aliphatic rings. The highest BCUT2D eigenvalue weighted by atomic mass is 32.2. The van der Waals surface area contributed by atoms with Gasteiger partial charge >= 0.3 is 0 Å². The number of rotatable bonds is 4. The minimum atomic E-state index is -3.58. The molecule has 9 heteroatoms. The quantitative estimate of drug-likeness (QED) is 0.803. The van der Waals surface area contributed by atoms with Gasteiger partial charge in [-0.1, -0.05) is 0 Å². The molecule has 7 nitrogen and oxygen atoms in total. The van der Waals surface area contributed by atoms with Gasteiger partial charge in [-0.25, -0.2) is 17.8 Å². The first-order valence-electron chi connectivity index (χ1n) is 8.30. The van der Waals surface area contributed by atoms with E-state index in [9.17, 15) is 12.8 Å². The van der Waals surface area contributed by atoms with E-state index in [1.807, 2.05) is 0 Å². The molecule has 2 fully saturated rings. The van der Waals surface area contributed by atoms with Gasteiger partial charge in [-0.2, -0.15) is 4.31 Å². The Balaban J connectivity index is 1.43. The number of ether oxygens (including phenoxy) is 2. The van der Waals surface area contributed by atoms with E-state index < -0.39 is 21.4 Å². The number of halogens is 1. The third-order valence-electron chi connectivity index (χ3n) is 4.65. The van der Waals surface area contributed by atoms with Crippen LogP contribution < -0.4 is 4.74 Å². The SMILES string of the molecule is O=S(=O)(c1cccnc1)N1CC2(CC(Oc3ncccc3F)CCO2)C1. The summed E-state index contributed by atoms with van der Waals surface area (Å²) in [5, 5.41) is 0. The van der Waals surface area contributed by atoms with Crippen LogP contribution in [0.4, 0.5) is 4.39 Å². The van der Waals surface area contributed by atoms with Crippen LogP contribution in [0, 0.1) is 5.82 Å². The summed E-state index contributed by atoms with van der Waals surface area (Å²) >= 11 is 0. The Morgan fingerprint density at radius 3 is 2.81 bits per heavy atom. The Hall–Kier alpha value is -2.10. The van der Waals surface area contributed by atoms with Crippen molar-refractivity contribution >= 4 is 10.0 Å². The van der Waals surface area contributed by atoms with Crippen LogP contribution in [0.15, 0.2) is 47.8 Å². The molecule has 0 aliphatic carbocycles. The number of pyridine rings is 2. The van der Waals surface area contributed by atoms with E-state index >= 15 is 0 Å². The van der Waals surface area contributed by atoms with Crippen molar-refractivity contribution in [3.8, 4) is 5.88 Å². The predicted molar refractivity (Wildman–Crippen MR) is 89.5 cm³/mol. The number of hydrogen-bond donors (Lipinski definition) is 0. The molecule has 0 amide bonds. The van der Waals surface area contributed by atoms with Crippen LogP contribution >= 0.6 is 0 Å². The number of hydrogen-bond acceptors (Lipinski definition) is 6. The maximum absolute atomic E-state index is 13.7. The molecular weight excluding hydrogens is 361 g/mol. The highest BCUT2D eigenvalue weighted by molar-refractivity contribution is 7.89. The fraction of sp³-hybridized carbons (Fsp3) is 0.412. The average molecular weight is 379 g/mol. The number of sulfonamides is 1. The van der Waals surface area contributed by atoms with Crippen molar-refractivity contribution in [1.29, 1.82) is 0 Å². The molecule has 2 saturated heterocycles. The van der Waals surface area contributed by atoms with Gasteiger partial charge in [-0.15, -0.1) is 0 Å².